The first-order valence-corrected chi connectivity index (χ1v) is 11.3. The third kappa shape index (κ3) is 4.53. The molecular weight excluding hydrogens is 470 g/mol. The van der Waals surface area contributed by atoms with Gasteiger partial charge >= 0.3 is 0 Å². The van der Waals surface area contributed by atoms with E-state index in [0.717, 1.165) is 56.7 Å². The Morgan fingerprint density at radius 1 is 1.00 bits per heavy atom. The first-order chi connectivity index (χ1) is 15.3. The Labute approximate surface area is 195 Å². The molecule has 3 aromatic rings. The summed E-state index contributed by atoms with van der Waals surface area (Å²) in [4.78, 5) is 25.4. The van der Waals surface area contributed by atoms with Gasteiger partial charge < -0.3 is 9.73 Å². The zero-order chi connectivity index (χ0) is 22.8. The molecule has 0 unspecified atom stereocenters. The zero-order valence-corrected chi connectivity index (χ0v) is 19.8. The van der Waals surface area contributed by atoms with Crippen LogP contribution in [0, 0.1) is 20.8 Å². The molecule has 0 spiro atoms. The molecule has 0 saturated heterocycles. The first-order valence-electron chi connectivity index (χ1n) is 10.5. The molecule has 7 heteroatoms. The Hall–Kier alpha value is -3.19. The van der Waals surface area contributed by atoms with E-state index in [4.69, 9.17) is 4.42 Å². The second kappa shape index (κ2) is 9.12. The average Bonchev–Trinajstić information content (AvgIpc) is 3.12. The lowest BCUT2D eigenvalue weighted by Crippen LogP contribution is -2.22. The van der Waals surface area contributed by atoms with E-state index >= 15 is 0 Å². The van der Waals surface area contributed by atoms with Gasteiger partial charge in [-0.15, -0.1) is 0 Å². The van der Waals surface area contributed by atoms with Gasteiger partial charge in [-0.1, -0.05) is 28.1 Å². The number of hydrazone groups is 1. The van der Waals surface area contributed by atoms with E-state index in [9.17, 15) is 9.59 Å². The Kier molecular flexibility index (Phi) is 6.28. The van der Waals surface area contributed by atoms with Gasteiger partial charge in [0.1, 0.15) is 5.76 Å². The smallest absolute Gasteiger partial charge is 0.291 e. The highest BCUT2D eigenvalue weighted by Gasteiger charge is 2.28. The van der Waals surface area contributed by atoms with Crippen LogP contribution in [-0.2, 0) is 6.42 Å². The molecule has 1 aromatic heterocycles. The molecule has 2 N–H and O–H groups in total. The summed E-state index contributed by atoms with van der Waals surface area (Å²) in [6, 6.07) is 13.0. The van der Waals surface area contributed by atoms with Gasteiger partial charge in [0.25, 0.3) is 11.8 Å². The maximum atomic E-state index is 13.0. The number of nitrogens with zero attached hydrogens (tertiary/aromatic N) is 1. The second-order valence-corrected chi connectivity index (χ2v) is 8.90. The van der Waals surface area contributed by atoms with Crippen molar-refractivity contribution in [2.24, 2.45) is 5.10 Å². The van der Waals surface area contributed by atoms with Crippen molar-refractivity contribution in [1.29, 1.82) is 0 Å². The van der Waals surface area contributed by atoms with Crippen LogP contribution < -0.4 is 10.7 Å². The molecule has 1 aliphatic carbocycles. The Morgan fingerprint density at radius 2 is 1.75 bits per heavy atom. The van der Waals surface area contributed by atoms with Crippen molar-refractivity contribution in [3.63, 3.8) is 0 Å². The number of carbonyl (C=O) groups is 2. The number of amides is 2. The van der Waals surface area contributed by atoms with Gasteiger partial charge in [-0.3, -0.25) is 9.59 Å². The van der Waals surface area contributed by atoms with E-state index in [1.807, 2.05) is 51.1 Å². The molecule has 1 aliphatic rings. The van der Waals surface area contributed by atoms with Gasteiger partial charge in [0.15, 0.2) is 5.76 Å². The molecular formula is C25H24BrN3O3. The SMILES string of the molecule is Cc1ccc(C)c(NC(=O)c2oc3c(c2C)/C(=N/NC(=O)c2ccc(Br)cc2)CCC3)c1. The van der Waals surface area contributed by atoms with Crippen molar-refractivity contribution in [3.05, 3.63) is 86.3 Å². The Morgan fingerprint density at radius 3 is 2.50 bits per heavy atom. The number of carbonyl (C=O) groups excluding carboxylic acids is 2. The highest BCUT2D eigenvalue weighted by atomic mass is 79.9. The summed E-state index contributed by atoms with van der Waals surface area (Å²) in [6.45, 7) is 5.79. The fourth-order valence-corrected chi connectivity index (χ4v) is 4.09. The summed E-state index contributed by atoms with van der Waals surface area (Å²) in [5.41, 5.74) is 8.25. The summed E-state index contributed by atoms with van der Waals surface area (Å²) in [7, 11) is 0. The minimum absolute atomic E-state index is 0.282. The number of benzene rings is 2. The summed E-state index contributed by atoms with van der Waals surface area (Å²) in [5, 5.41) is 7.34. The monoisotopic (exact) mass is 493 g/mol. The van der Waals surface area contributed by atoms with Crippen LogP contribution in [0.5, 0.6) is 0 Å². The number of fused-ring (bicyclic) bond motifs is 1. The highest BCUT2D eigenvalue weighted by Crippen LogP contribution is 2.30. The van der Waals surface area contributed by atoms with Crippen molar-refractivity contribution < 1.29 is 14.0 Å². The third-order valence-corrected chi connectivity index (χ3v) is 6.10. The molecule has 0 atom stereocenters. The normalized spacial score (nSPS) is 14.2. The van der Waals surface area contributed by atoms with Crippen LogP contribution in [-0.4, -0.2) is 17.5 Å². The number of furan rings is 1. The summed E-state index contributed by atoms with van der Waals surface area (Å²) < 4.78 is 6.87. The van der Waals surface area contributed by atoms with Gasteiger partial charge in [-0.25, -0.2) is 5.43 Å². The van der Waals surface area contributed by atoms with Crippen LogP contribution >= 0.6 is 15.9 Å². The molecule has 0 radical (unpaired) electrons. The second-order valence-electron chi connectivity index (χ2n) is 7.99. The first kappa shape index (κ1) is 22.0. The number of rotatable bonds is 4. The fourth-order valence-electron chi connectivity index (χ4n) is 3.83. The number of hydrogen-bond donors (Lipinski definition) is 2. The van der Waals surface area contributed by atoms with Crippen LogP contribution in [0.25, 0.3) is 0 Å². The van der Waals surface area contributed by atoms with E-state index < -0.39 is 0 Å². The highest BCUT2D eigenvalue weighted by molar-refractivity contribution is 9.10. The van der Waals surface area contributed by atoms with Crippen LogP contribution in [0.2, 0.25) is 0 Å². The summed E-state index contributed by atoms with van der Waals surface area (Å²) in [6.07, 6.45) is 2.27. The molecule has 4 rings (SSSR count). The lowest BCUT2D eigenvalue weighted by Gasteiger charge is -2.13. The van der Waals surface area contributed by atoms with Crippen molar-refractivity contribution in [2.75, 3.05) is 5.32 Å². The van der Waals surface area contributed by atoms with Crippen LogP contribution in [0.3, 0.4) is 0 Å². The topological polar surface area (TPSA) is 83.7 Å². The van der Waals surface area contributed by atoms with Crippen LogP contribution in [0.1, 0.15) is 61.8 Å². The molecule has 0 saturated carbocycles. The minimum Gasteiger partial charge on any atom is -0.455 e. The predicted molar refractivity (Wildman–Crippen MR) is 128 cm³/mol. The van der Waals surface area contributed by atoms with E-state index in [0.29, 0.717) is 12.0 Å². The number of nitrogens with one attached hydrogen (secondary N) is 2. The van der Waals surface area contributed by atoms with Crippen molar-refractivity contribution in [2.45, 2.75) is 40.0 Å². The van der Waals surface area contributed by atoms with Crippen LogP contribution in [0.15, 0.2) is 56.5 Å². The molecule has 164 valence electrons. The van der Waals surface area contributed by atoms with E-state index in [2.05, 4.69) is 31.8 Å². The summed E-state index contributed by atoms with van der Waals surface area (Å²) >= 11 is 3.36. The molecule has 2 amide bonds. The molecule has 1 heterocycles. The Bertz CT molecular complexity index is 1230. The van der Waals surface area contributed by atoms with Gasteiger partial charge in [0.05, 0.1) is 5.71 Å². The van der Waals surface area contributed by atoms with Crippen molar-refractivity contribution >= 4 is 39.1 Å². The number of hydrogen-bond acceptors (Lipinski definition) is 4. The standard InChI is InChI=1S/C25H24BrN3O3/c1-14-7-8-15(2)20(13-14)27-25(31)23-16(3)22-19(5-4-6-21(22)32-23)28-29-24(30)17-9-11-18(26)12-10-17/h7-13H,4-6H2,1-3H3,(H,27,31)(H,29,30)/b28-19+. The average molecular weight is 494 g/mol. The number of halogens is 1. The zero-order valence-electron chi connectivity index (χ0n) is 18.2. The number of aryl methyl sites for hydroxylation is 3. The molecule has 32 heavy (non-hydrogen) atoms. The van der Waals surface area contributed by atoms with E-state index in [1.165, 1.54) is 0 Å². The van der Waals surface area contributed by atoms with E-state index in [1.54, 1.807) is 12.1 Å². The van der Waals surface area contributed by atoms with Gasteiger partial charge in [-0.05, 0) is 75.1 Å². The lowest BCUT2D eigenvalue weighted by molar-refractivity contribution is 0.0953. The maximum Gasteiger partial charge on any atom is 0.291 e. The third-order valence-electron chi connectivity index (χ3n) is 5.57. The largest absolute Gasteiger partial charge is 0.455 e. The number of anilines is 1. The molecule has 6 nitrogen and oxygen atoms in total. The minimum atomic E-state index is -0.288. The van der Waals surface area contributed by atoms with Crippen LogP contribution in [0.4, 0.5) is 5.69 Å². The summed E-state index contributed by atoms with van der Waals surface area (Å²) in [5.74, 6) is 0.441. The predicted octanol–water partition coefficient (Wildman–Crippen LogP) is 5.69. The van der Waals surface area contributed by atoms with Gasteiger partial charge in [0, 0.05) is 33.3 Å². The van der Waals surface area contributed by atoms with Gasteiger partial charge in [0.2, 0.25) is 0 Å². The molecule has 0 bridgehead atoms. The molecule has 2 aromatic carbocycles. The maximum absolute atomic E-state index is 13.0. The molecule has 0 fully saturated rings. The van der Waals surface area contributed by atoms with Gasteiger partial charge in [-0.2, -0.15) is 5.10 Å². The molecule has 0 aliphatic heterocycles. The lowest BCUT2D eigenvalue weighted by atomic mass is 9.93. The van der Waals surface area contributed by atoms with Crippen molar-refractivity contribution in [1.82, 2.24) is 5.43 Å². The fraction of sp³-hybridized carbons (Fsp3) is 0.240. The quantitative estimate of drug-likeness (QED) is 0.457. The van der Waals surface area contributed by atoms with E-state index in [-0.39, 0.29) is 17.6 Å². The Balaban J connectivity index is 1.57. The van der Waals surface area contributed by atoms with Crippen molar-refractivity contribution in [3.8, 4) is 0 Å².